The lowest BCUT2D eigenvalue weighted by Gasteiger charge is -2.32. The van der Waals surface area contributed by atoms with Crippen molar-refractivity contribution < 1.29 is 14.0 Å². The van der Waals surface area contributed by atoms with Crippen molar-refractivity contribution in [1.29, 1.82) is 0 Å². The topological polar surface area (TPSA) is 27.7 Å². The smallest absolute Gasteiger partial charge is 0.495 e. The molecular weight excluding hydrogens is 263 g/mol. The van der Waals surface area contributed by atoms with Crippen molar-refractivity contribution in [3.05, 3.63) is 35.6 Å². The zero-order valence-electron chi connectivity index (χ0n) is 13.9. The minimum Gasteiger partial charge on any atom is -0.504 e. The molecule has 0 atom stereocenters. The summed E-state index contributed by atoms with van der Waals surface area (Å²) in [6.07, 6.45) is 4.60. The van der Waals surface area contributed by atoms with Crippen LogP contribution < -0.4 is 5.46 Å². The summed E-state index contributed by atoms with van der Waals surface area (Å²) >= 11 is 0. The Labute approximate surface area is 128 Å². The molecule has 1 aromatic carbocycles. The molecule has 0 amide bonds. The second kappa shape index (κ2) is 5.86. The Bertz CT molecular complexity index is 519. The largest absolute Gasteiger partial charge is 0.504 e. The molecule has 0 radical (unpaired) electrons. The van der Waals surface area contributed by atoms with Crippen LogP contribution in [0.1, 0.15) is 45.7 Å². The molecule has 1 saturated heterocycles. The van der Waals surface area contributed by atoms with Crippen LogP contribution in [0.2, 0.25) is 0 Å². The summed E-state index contributed by atoms with van der Waals surface area (Å²) in [5, 5.41) is 0. The molecule has 1 aliphatic heterocycles. The van der Waals surface area contributed by atoms with E-state index in [1.54, 1.807) is 13.4 Å². The van der Waals surface area contributed by atoms with E-state index >= 15 is 0 Å². The highest BCUT2D eigenvalue weighted by atomic mass is 16.7. The van der Waals surface area contributed by atoms with Gasteiger partial charge in [0.1, 0.15) is 0 Å². The van der Waals surface area contributed by atoms with Gasteiger partial charge >= 0.3 is 7.12 Å². The molecular formula is C17H25BO3. The number of ether oxygens (including phenoxy) is 1. The molecule has 1 heterocycles. The van der Waals surface area contributed by atoms with Crippen molar-refractivity contribution >= 4 is 18.7 Å². The van der Waals surface area contributed by atoms with E-state index in [0.29, 0.717) is 0 Å². The Kier molecular flexibility index (Phi) is 4.50. The molecule has 114 valence electrons. The van der Waals surface area contributed by atoms with E-state index in [-0.39, 0.29) is 18.3 Å². The minimum absolute atomic E-state index is 0.318. The van der Waals surface area contributed by atoms with Crippen LogP contribution in [-0.4, -0.2) is 25.4 Å². The van der Waals surface area contributed by atoms with Gasteiger partial charge in [0, 0.05) is 0 Å². The van der Waals surface area contributed by atoms with Crippen LogP contribution in [0.3, 0.4) is 0 Å². The standard InChI is InChI=1S/C17H25BO3/c1-7-14-13(11-12-19-6)9-8-10-15(14)18-20-16(2,3)17(4,5)21-18/h8-12H,7H2,1-6H3. The molecule has 21 heavy (non-hydrogen) atoms. The fourth-order valence-corrected chi connectivity index (χ4v) is 2.52. The lowest BCUT2D eigenvalue weighted by Crippen LogP contribution is -2.41. The van der Waals surface area contributed by atoms with Gasteiger partial charge in [0.2, 0.25) is 0 Å². The Morgan fingerprint density at radius 3 is 2.29 bits per heavy atom. The quantitative estimate of drug-likeness (QED) is 0.629. The minimum atomic E-state index is -0.319. The molecule has 0 saturated carbocycles. The maximum Gasteiger partial charge on any atom is 0.495 e. The van der Waals surface area contributed by atoms with Crippen molar-refractivity contribution in [2.24, 2.45) is 0 Å². The van der Waals surface area contributed by atoms with Gasteiger partial charge in [-0.25, -0.2) is 0 Å². The first kappa shape index (κ1) is 16.1. The van der Waals surface area contributed by atoms with E-state index in [1.165, 1.54) is 5.56 Å². The van der Waals surface area contributed by atoms with Crippen LogP contribution in [0.5, 0.6) is 0 Å². The van der Waals surface area contributed by atoms with E-state index in [1.807, 2.05) is 12.1 Å². The lowest BCUT2D eigenvalue weighted by molar-refractivity contribution is 0.00578. The second-order valence-corrected chi connectivity index (χ2v) is 6.40. The maximum absolute atomic E-state index is 6.17. The van der Waals surface area contributed by atoms with Crippen molar-refractivity contribution in [2.45, 2.75) is 52.2 Å². The Morgan fingerprint density at radius 1 is 1.14 bits per heavy atom. The van der Waals surface area contributed by atoms with E-state index in [9.17, 15) is 0 Å². The number of rotatable bonds is 4. The number of benzene rings is 1. The number of hydrogen-bond acceptors (Lipinski definition) is 3. The first-order valence-corrected chi connectivity index (χ1v) is 7.49. The average Bonchev–Trinajstić information content (AvgIpc) is 2.64. The highest BCUT2D eigenvalue weighted by Crippen LogP contribution is 2.36. The highest BCUT2D eigenvalue weighted by molar-refractivity contribution is 6.62. The summed E-state index contributed by atoms with van der Waals surface area (Å²) in [6.45, 7) is 10.5. The highest BCUT2D eigenvalue weighted by Gasteiger charge is 2.52. The average molecular weight is 288 g/mol. The molecule has 0 spiro atoms. The van der Waals surface area contributed by atoms with Gasteiger partial charge in [-0.2, -0.15) is 0 Å². The SMILES string of the molecule is CCc1c(C=COC)cccc1B1OC(C)(C)C(C)(C)O1. The zero-order chi connectivity index (χ0) is 15.7. The Hall–Kier alpha value is -1.26. The number of hydrogen-bond donors (Lipinski definition) is 0. The van der Waals surface area contributed by atoms with Gasteiger partial charge < -0.3 is 14.0 Å². The summed E-state index contributed by atoms with van der Waals surface area (Å²) in [5.41, 5.74) is 2.85. The van der Waals surface area contributed by atoms with Gasteiger partial charge in [-0.05, 0) is 56.8 Å². The van der Waals surface area contributed by atoms with Crippen LogP contribution in [0, 0.1) is 0 Å². The fourth-order valence-electron chi connectivity index (χ4n) is 2.52. The predicted octanol–water partition coefficient (Wildman–Crippen LogP) is 3.17. The summed E-state index contributed by atoms with van der Waals surface area (Å²) in [6, 6.07) is 6.21. The van der Waals surface area contributed by atoms with Crippen molar-refractivity contribution in [3.63, 3.8) is 0 Å². The molecule has 1 aromatic rings. The molecule has 1 aliphatic rings. The first-order valence-electron chi connectivity index (χ1n) is 7.49. The van der Waals surface area contributed by atoms with Gasteiger partial charge in [-0.1, -0.05) is 25.1 Å². The van der Waals surface area contributed by atoms with E-state index in [2.05, 4.69) is 46.8 Å². The fraction of sp³-hybridized carbons (Fsp3) is 0.529. The Morgan fingerprint density at radius 2 is 1.76 bits per heavy atom. The maximum atomic E-state index is 6.17. The van der Waals surface area contributed by atoms with Gasteiger partial charge in [0.15, 0.2) is 0 Å². The molecule has 0 aromatic heterocycles. The van der Waals surface area contributed by atoms with E-state index in [4.69, 9.17) is 14.0 Å². The number of methoxy groups -OCH3 is 1. The van der Waals surface area contributed by atoms with Crippen LogP contribution in [0.15, 0.2) is 24.5 Å². The molecule has 1 fully saturated rings. The monoisotopic (exact) mass is 288 g/mol. The van der Waals surface area contributed by atoms with Crippen LogP contribution in [0.4, 0.5) is 0 Å². The molecule has 2 rings (SSSR count). The predicted molar refractivity (Wildman–Crippen MR) is 87.6 cm³/mol. The van der Waals surface area contributed by atoms with Crippen LogP contribution in [0.25, 0.3) is 6.08 Å². The lowest BCUT2D eigenvalue weighted by atomic mass is 9.74. The van der Waals surface area contributed by atoms with Gasteiger partial charge in [-0.3, -0.25) is 0 Å². The summed E-state index contributed by atoms with van der Waals surface area (Å²) in [5.74, 6) is 0. The van der Waals surface area contributed by atoms with Gasteiger partial charge in [0.05, 0.1) is 24.6 Å². The third-order valence-electron chi connectivity index (χ3n) is 4.49. The molecule has 4 heteroatoms. The third-order valence-corrected chi connectivity index (χ3v) is 4.49. The zero-order valence-corrected chi connectivity index (χ0v) is 13.9. The normalized spacial score (nSPS) is 20.2. The van der Waals surface area contributed by atoms with Crippen molar-refractivity contribution in [3.8, 4) is 0 Å². The molecule has 0 bridgehead atoms. The van der Waals surface area contributed by atoms with Crippen molar-refractivity contribution in [2.75, 3.05) is 7.11 Å². The van der Waals surface area contributed by atoms with Crippen LogP contribution in [-0.2, 0) is 20.5 Å². The summed E-state index contributed by atoms with van der Waals surface area (Å²) in [7, 11) is 1.33. The Balaban J connectivity index is 2.39. The van der Waals surface area contributed by atoms with Gasteiger partial charge in [-0.15, -0.1) is 0 Å². The van der Waals surface area contributed by atoms with E-state index < -0.39 is 0 Å². The third kappa shape index (κ3) is 3.02. The first-order chi connectivity index (χ1) is 9.82. The van der Waals surface area contributed by atoms with Crippen molar-refractivity contribution in [1.82, 2.24) is 0 Å². The molecule has 0 N–H and O–H groups in total. The summed E-state index contributed by atoms with van der Waals surface area (Å²) in [4.78, 5) is 0. The van der Waals surface area contributed by atoms with E-state index in [0.717, 1.165) is 17.4 Å². The van der Waals surface area contributed by atoms with Gasteiger partial charge in [0.25, 0.3) is 0 Å². The molecule has 0 aliphatic carbocycles. The van der Waals surface area contributed by atoms with Crippen LogP contribution >= 0.6 is 0 Å². The summed E-state index contributed by atoms with van der Waals surface area (Å²) < 4.78 is 17.4. The second-order valence-electron chi connectivity index (χ2n) is 6.40. The molecule has 3 nitrogen and oxygen atoms in total. The molecule has 0 unspecified atom stereocenters.